The maximum Gasteiger partial charge on any atom is 0.115 e. The van der Waals surface area contributed by atoms with E-state index in [1.54, 1.807) is 11.3 Å². The lowest BCUT2D eigenvalue weighted by Gasteiger charge is -2.06. The van der Waals surface area contributed by atoms with Crippen LogP contribution in [0.2, 0.25) is 0 Å². The zero-order chi connectivity index (χ0) is 16.2. The van der Waals surface area contributed by atoms with Crippen molar-refractivity contribution in [1.29, 1.82) is 0 Å². The van der Waals surface area contributed by atoms with Gasteiger partial charge in [-0.25, -0.2) is 4.98 Å². The molecule has 0 saturated carbocycles. The molecule has 2 aromatic heterocycles. The van der Waals surface area contributed by atoms with Crippen LogP contribution >= 0.6 is 11.3 Å². The highest BCUT2D eigenvalue weighted by Crippen LogP contribution is 2.20. The van der Waals surface area contributed by atoms with E-state index in [4.69, 9.17) is 4.98 Å². The van der Waals surface area contributed by atoms with Crippen LogP contribution in [0.4, 0.5) is 0 Å². The number of nitrogens with zero attached hydrogens (tertiary/aromatic N) is 2. The molecule has 4 aromatic rings. The van der Waals surface area contributed by atoms with E-state index in [0.717, 1.165) is 24.3 Å². The highest BCUT2D eigenvalue weighted by atomic mass is 32.1. The summed E-state index contributed by atoms with van der Waals surface area (Å²) in [6, 6.07) is 23.1. The van der Waals surface area contributed by atoms with Crippen LogP contribution in [0.1, 0.15) is 16.3 Å². The predicted octanol–water partition coefficient (Wildman–Crippen LogP) is 5.40. The van der Waals surface area contributed by atoms with Crippen LogP contribution in [-0.2, 0) is 13.0 Å². The molecule has 0 saturated heterocycles. The average Bonchev–Trinajstić information content (AvgIpc) is 3.25. The van der Waals surface area contributed by atoms with Crippen LogP contribution in [0.15, 0.2) is 78.2 Å². The number of fused-ring (bicyclic) bond motifs is 1. The quantitative estimate of drug-likeness (QED) is 0.479. The summed E-state index contributed by atoms with van der Waals surface area (Å²) in [6.07, 6.45) is 5.26. The molecule has 24 heavy (non-hydrogen) atoms. The first kappa shape index (κ1) is 14.9. The number of allylic oxidation sites excluding steroid dienone is 1. The summed E-state index contributed by atoms with van der Waals surface area (Å²) < 4.78 is 2.31. The first-order chi connectivity index (χ1) is 11.9. The summed E-state index contributed by atoms with van der Waals surface area (Å²) in [4.78, 5) is 6.19. The van der Waals surface area contributed by atoms with Crippen molar-refractivity contribution < 1.29 is 0 Å². The van der Waals surface area contributed by atoms with Gasteiger partial charge in [-0.05, 0) is 29.1 Å². The Bertz CT molecular complexity index is 950. The van der Waals surface area contributed by atoms with Crippen LogP contribution in [0.25, 0.3) is 17.1 Å². The number of benzene rings is 2. The van der Waals surface area contributed by atoms with Gasteiger partial charge in [0.2, 0.25) is 0 Å². The highest BCUT2D eigenvalue weighted by Gasteiger charge is 2.10. The Morgan fingerprint density at radius 1 is 0.917 bits per heavy atom. The Labute approximate surface area is 145 Å². The van der Waals surface area contributed by atoms with Gasteiger partial charge in [0.25, 0.3) is 0 Å². The average molecular weight is 330 g/mol. The minimum absolute atomic E-state index is 0.829. The Hall–Kier alpha value is -2.65. The predicted molar refractivity (Wildman–Crippen MR) is 102 cm³/mol. The van der Waals surface area contributed by atoms with Gasteiger partial charge in [-0.15, -0.1) is 11.3 Å². The maximum absolute atomic E-state index is 4.85. The third kappa shape index (κ3) is 3.17. The third-order valence-corrected chi connectivity index (χ3v) is 4.92. The smallest absolute Gasteiger partial charge is 0.115 e. The summed E-state index contributed by atoms with van der Waals surface area (Å²) in [7, 11) is 0. The van der Waals surface area contributed by atoms with E-state index >= 15 is 0 Å². The molecule has 0 atom stereocenters. The number of hydrogen-bond acceptors (Lipinski definition) is 2. The van der Waals surface area contributed by atoms with Crippen molar-refractivity contribution in [2.75, 3.05) is 0 Å². The second-order valence-corrected chi connectivity index (χ2v) is 6.73. The lowest BCUT2D eigenvalue weighted by molar-refractivity contribution is 0.784. The van der Waals surface area contributed by atoms with Gasteiger partial charge in [-0.3, -0.25) is 0 Å². The molecule has 0 bridgehead atoms. The number of hydrogen-bond donors (Lipinski definition) is 0. The summed E-state index contributed by atoms with van der Waals surface area (Å²) in [5.74, 6) is 1.12. The third-order valence-electron chi connectivity index (χ3n) is 4.04. The van der Waals surface area contributed by atoms with Gasteiger partial charge in [0.1, 0.15) is 5.82 Å². The Kier molecular flexibility index (Phi) is 4.26. The molecule has 4 rings (SSSR count). The number of rotatable bonds is 5. The fourth-order valence-electron chi connectivity index (χ4n) is 2.89. The molecule has 2 heterocycles. The second kappa shape index (κ2) is 6.85. The minimum Gasteiger partial charge on any atom is -0.324 e. The molecule has 0 radical (unpaired) electrons. The van der Waals surface area contributed by atoms with Crippen molar-refractivity contribution in [3.63, 3.8) is 0 Å². The van der Waals surface area contributed by atoms with Crippen molar-refractivity contribution in [3.05, 3.63) is 94.5 Å². The van der Waals surface area contributed by atoms with Crippen molar-refractivity contribution in [1.82, 2.24) is 9.55 Å². The van der Waals surface area contributed by atoms with Crippen LogP contribution in [0.5, 0.6) is 0 Å². The van der Waals surface area contributed by atoms with Gasteiger partial charge >= 0.3 is 0 Å². The molecule has 0 N–H and O–H groups in total. The first-order valence-electron chi connectivity index (χ1n) is 8.08. The van der Waals surface area contributed by atoms with Crippen molar-refractivity contribution in [2.45, 2.75) is 13.0 Å². The van der Waals surface area contributed by atoms with Crippen molar-refractivity contribution >= 4 is 28.4 Å². The van der Waals surface area contributed by atoms with Gasteiger partial charge in [-0.2, -0.15) is 0 Å². The second-order valence-electron chi connectivity index (χ2n) is 5.70. The normalized spacial score (nSPS) is 11.5. The van der Waals surface area contributed by atoms with E-state index in [0.29, 0.717) is 0 Å². The zero-order valence-corrected chi connectivity index (χ0v) is 14.1. The molecule has 0 fully saturated rings. The molecule has 0 aliphatic carbocycles. The molecule has 0 amide bonds. The Balaban J connectivity index is 1.66. The lowest BCUT2D eigenvalue weighted by Crippen LogP contribution is -2.02. The van der Waals surface area contributed by atoms with Gasteiger partial charge in [0.05, 0.1) is 11.0 Å². The van der Waals surface area contributed by atoms with Crippen molar-refractivity contribution in [3.8, 4) is 0 Å². The summed E-state index contributed by atoms with van der Waals surface area (Å²) in [5, 5.41) is 2.12. The van der Waals surface area contributed by atoms with Gasteiger partial charge in [0.15, 0.2) is 0 Å². The van der Waals surface area contributed by atoms with E-state index in [1.807, 2.05) is 6.07 Å². The minimum atomic E-state index is 0.829. The van der Waals surface area contributed by atoms with Crippen LogP contribution < -0.4 is 0 Å². The van der Waals surface area contributed by atoms with E-state index in [1.165, 1.54) is 16.0 Å². The molecule has 118 valence electrons. The SMILES string of the molecule is C(=C\c1ccccc1)/Cn1c(Cc2cccs2)nc2ccccc21. The largest absolute Gasteiger partial charge is 0.324 e. The molecular weight excluding hydrogens is 312 g/mol. The van der Waals surface area contributed by atoms with E-state index in [-0.39, 0.29) is 0 Å². The summed E-state index contributed by atoms with van der Waals surface area (Å²) in [5.41, 5.74) is 3.49. The molecule has 0 spiro atoms. The van der Waals surface area contributed by atoms with Gasteiger partial charge in [-0.1, -0.05) is 60.7 Å². The van der Waals surface area contributed by atoms with Crippen molar-refractivity contribution in [2.24, 2.45) is 0 Å². The maximum atomic E-state index is 4.85. The monoisotopic (exact) mass is 330 g/mol. The molecule has 0 aliphatic heterocycles. The topological polar surface area (TPSA) is 17.8 Å². The van der Waals surface area contributed by atoms with E-state index in [9.17, 15) is 0 Å². The standard InChI is InChI=1S/C21H18N2S/c1-2-8-17(9-3-1)10-6-14-23-20-13-5-4-12-19(20)22-21(23)16-18-11-7-15-24-18/h1-13,15H,14,16H2/b10-6+. The highest BCUT2D eigenvalue weighted by molar-refractivity contribution is 7.09. The summed E-state index contributed by atoms with van der Waals surface area (Å²) >= 11 is 1.79. The number of thiophene rings is 1. The lowest BCUT2D eigenvalue weighted by atomic mass is 10.2. The number of aromatic nitrogens is 2. The Morgan fingerprint density at radius 2 is 1.75 bits per heavy atom. The zero-order valence-electron chi connectivity index (χ0n) is 13.3. The number of para-hydroxylation sites is 2. The molecular formula is C21H18N2S. The van der Waals surface area contributed by atoms with Gasteiger partial charge in [0, 0.05) is 17.8 Å². The molecule has 2 aromatic carbocycles. The molecule has 0 unspecified atom stereocenters. The van der Waals surface area contributed by atoms with Gasteiger partial charge < -0.3 is 4.57 Å². The van der Waals surface area contributed by atoms with E-state index in [2.05, 4.69) is 82.8 Å². The van der Waals surface area contributed by atoms with E-state index < -0.39 is 0 Å². The Morgan fingerprint density at radius 3 is 2.58 bits per heavy atom. The number of imidazole rings is 1. The molecule has 2 nitrogen and oxygen atoms in total. The van der Waals surface area contributed by atoms with Crippen LogP contribution in [0.3, 0.4) is 0 Å². The van der Waals surface area contributed by atoms with Crippen LogP contribution in [0, 0.1) is 0 Å². The molecule has 0 aliphatic rings. The fourth-order valence-corrected chi connectivity index (χ4v) is 3.59. The first-order valence-corrected chi connectivity index (χ1v) is 8.96. The summed E-state index contributed by atoms with van der Waals surface area (Å²) in [6.45, 7) is 0.829. The fraction of sp³-hybridized carbons (Fsp3) is 0.0952. The van der Waals surface area contributed by atoms with Crippen LogP contribution in [-0.4, -0.2) is 9.55 Å². The molecule has 3 heteroatoms.